The molecule has 0 aliphatic heterocycles. The van der Waals surface area contributed by atoms with Crippen LogP contribution in [0.1, 0.15) is 11.1 Å². The molecule has 0 aromatic heterocycles. The molecule has 0 aliphatic carbocycles. The quantitative estimate of drug-likeness (QED) is 0.808. The summed E-state index contributed by atoms with van der Waals surface area (Å²) in [4.78, 5) is 0.106. The summed E-state index contributed by atoms with van der Waals surface area (Å²) >= 11 is 3.04. The van der Waals surface area contributed by atoms with E-state index in [-0.39, 0.29) is 9.37 Å². The zero-order valence-electron chi connectivity index (χ0n) is 11.4. The Balaban J connectivity index is 2.42. The summed E-state index contributed by atoms with van der Waals surface area (Å²) in [6.45, 7) is 3.36. The number of benzene rings is 2. The van der Waals surface area contributed by atoms with Crippen molar-refractivity contribution >= 4 is 37.3 Å². The molecule has 0 saturated carbocycles. The number of rotatable bonds is 3. The van der Waals surface area contributed by atoms with Gasteiger partial charge in [-0.2, -0.15) is 0 Å². The summed E-state index contributed by atoms with van der Waals surface area (Å²) < 4.78 is 40.7. The first-order valence-electron chi connectivity index (χ1n) is 6.05. The number of anilines is 2. The molecule has 2 aromatic rings. The Morgan fingerprint density at radius 1 is 1.14 bits per heavy atom. The summed E-state index contributed by atoms with van der Waals surface area (Å²) in [6, 6.07) is 7.12. The van der Waals surface area contributed by atoms with E-state index in [0.717, 1.165) is 0 Å². The topological polar surface area (TPSA) is 72.2 Å². The average Bonchev–Trinajstić information content (AvgIpc) is 2.39. The van der Waals surface area contributed by atoms with Gasteiger partial charge in [0, 0.05) is 5.69 Å². The summed E-state index contributed by atoms with van der Waals surface area (Å²) in [7, 11) is -3.75. The number of nitrogen functional groups attached to an aromatic ring is 1. The van der Waals surface area contributed by atoms with Crippen molar-refractivity contribution in [3.63, 3.8) is 0 Å². The van der Waals surface area contributed by atoms with Gasteiger partial charge in [0.15, 0.2) is 0 Å². The maximum atomic E-state index is 13.4. The van der Waals surface area contributed by atoms with E-state index in [1.807, 2.05) is 0 Å². The maximum Gasteiger partial charge on any atom is 0.261 e. The fourth-order valence-electron chi connectivity index (χ4n) is 1.78. The molecule has 0 atom stereocenters. The van der Waals surface area contributed by atoms with Crippen LogP contribution < -0.4 is 10.5 Å². The second-order valence-corrected chi connectivity index (χ2v) is 7.24. The minimum absolute atomic E-state index is 0.106. The van der Waals surface area contributed by atoms with Crippen molar-refractivity contribution in [2.45, 2.75) is 18.7 Å². The van der Waals surface area contributed by atoms with Crippen molar-refractivity contribution in [3.8, 4) is 0 Å². The SMILES string of the molecule is Cc1cc(S(=O)(=O)Nc2cc(Br)c(F)cc2C)ccc1N. The van der Waals surface area contributed by atoms with Gasteiger partial charge in [0.25, 0.3) is 10.0 Å². The Kier molecular flexibility index (Phi) is 4.25. The molecule has 2 aromatic carbocycles. The molecule has 0 bridgehead atoms. The van der Waals surface area contributed by atoms with Crippen LogP contribution in [-0.4, -0.2) is 8.42 Å². The number of hydrogen-bond acceptors (Lipinski definition) is 3. The molecule has 7 heteroatoms. The molecule has 21 heavy (non-hydrogen) atoms. The van der Waals surface area contributed by atoms with E-state index in [1.54, 1.807) is 13.8 Å². The number of hydrogen-bond donors (Lipinski definition) is 2. The van der Waals surface area contributed by atoms with E-state index in [0.29, 0.717) is 22.5 Å². The molecule has 2 rings (SSSR count). The third-order valence-electron chi connectivity index (χ3n) is 3.06. The van der Waals surface area contributed by atoms with E-state index in [9.17, 15) is 12.8 Å². The van der Waals surface area contributed by atoms with Crippen molar-refractivity contribution in [1.82, 2.24) is 0 Å². The Bertz CT molecular complexity index is 807. The summed E-state index contributed by atoms with van der Waals surface area (Å²) in [5.41, 5.74) is 7.69. The monoisotopic (exact) mass is 372 g/mol. The molecule has 3 N–H and O–H groups in total. The Morgan fingerprint density at radius 3 is 2.43 bits per heavy atom. The molecule has 0 heterocycles. The standard InChI is InChI=1S/C14H14BrFN2O2S/c1-8-5-10(3-4-13(8)17)21(19,20)18-14-7-11(15)12(16)6-9(14)2/h3-7,18H,17H2,1-2H3. The molecular formula is C14H14BrFN2O2S. The van der Waals surface area contributed by atoms with Crippen LogP contribution in [0.25, 0.3) is 0 Å². The Hall–Kier alpha value is -1.60. The van der Waals surface area contributed by atoms with E-state index in [4.69, 9.17) is 5.73 Å². The first-order chi connectivity index (χ1) is 9.70. The zero-order valence-corrected chi connectivity index (χ0v) is 13.8. The molecular weight excluding hydrogens is 359 g/mol. The molecule has 0 fully saturated rings. The first-order valence-corrected chi connectivity index (χ1v) is 8.33. The van der Waals surface area contributed by atoms with Crippen LogP contribution in [0.15, 0.2) is 39.7 Å². The normalized spacial score (nSPS) is 11.4. The zero-order chi connectivity index (χ0) is 15.8. The minimum atomic E-state index is -3.75. The smallest absolute Gasteiger partial charge is 0.261 e. The van der Waals surface area contributed by atoms with Gasteiger partial charge in [0.05, 0.1) is 15.1 Å². The lowest BCUT2D eigenvalue weighted by atomic mass is 10.2. The van der Waals surface area contributed by atoms with E-state index in [2.05, 4.69) is 20.7 Å². The third kappa shape index (κ3) is 3.36. The average molecular weight is 373 g/mol. The van der Waals surface area contributed by atoms with Gasteiger partial charge in [-0.05, 0) is 71.2 Å². The van der Waals surface area contributed by atoms with Crippen LogP contribution >= 0.6 is 15.9 Å². The summed E-state index contributed by atoms with van der Waals surface area (Å²) in [6.07, 6.45) is 0. The third-order valence-corrected chi connectivity index (χ3v) is 5.03. The van der Waals surface area contributed by atoms with Gasteiger partial charge in [-0.25, -0.2) is 12.8 Å². The fraction of sp³-hybridized carbons (Fsp3) is 0.143. The lowest BCUT2D eigenvalue weighted by Gasteiger charge is -2.12. The molecule has 0 saturated heterocycles. The summed E-state index contributed by atoms with van der Waals surface area (Å²) in [5, 5.41) is 0. The predicted molar refractivity (Wildman–Crippen MR) is 85.2 cm³/mol. The molecule has 0 radical (unpaired) electrons. The second-order valence-electron chi connectivity index (χ2n) is 4.71. The number of nitrogens with two attached hydrogens (primary N) is 1. The van der Waals surface area contributed by atoms with Gasteiger partial charge in [-0.15, -0.1) is 0 Å². The van der Waals surface area contributed by atoms with Crippen LogP contribution in [0.3, 0.4) is 0 Å². The van der Waals surface area contributed by atoms with Gasteiger partial charge >= 0.3 is 0 Å². The lowest BCUT2D eigenvalue weighted by molar-refractivity contribution is 0.600. The van der Waals surface area contributed by atoms with Crippen molar-refractivity contribution in [2.24, 2.45) is 0 Å². The van der Waals surface area contributed by atoms with Crippen molar-refractivity contribution < 1.29 is 12.8 Å². The number of halogens is 2. The molecule has 112 valence electrons. The fourth-order valence-corrected chi connectivity index (χ4v) is 3.33. The highest BCUT2D eigenvalue weighted by Gasteiger charge is 2.17. The van der Waals surface area contributed by atoms with Crippen molar-refractivity contribution in [2.75, 3.05) is 10.5 Å². The van der Waals surface area contributed by atoms with Gasteiger partial charge in [-0.3, -0.25) is 4.72 Å². The molecule has 4 nitrogen and oxygen atoms in total. The van der Waals surface area contributed by atoms with Gasteiger partial charge < -0.3 is 5.73 Å². The van der Waals surface area contributed by atoms with Gasteiger partial charge in [-0.1, -0.05) is 0 Å². The van der Waals surface area contributed by atoms with Crippen LogP contribution in [-0.2, 0) is 10.0 Å². The Morgan fingerprint density at radius 2 is 1.81 bits per heavy atom. The second kappa shape index (κ2) is 5.65. The maximum absolute atomic E-state index is 13.4. The predicted octanol–water partition coefficient (Wildman–Crippen LogP) is 3.59. The molecule has 0 spiro atoms. The summed E-state index contributed by atoms with van der Waals surface area (Å²) in [5.74, 6) is -0.446. The molecule has 0 amide bonds. The van der Waals surface area contributed by atoms with Crippen LogP contribution in [0.4, 0.5) is 15.8 Å². The van der Waals surface area contributed by atoms with Gasteiger partial charge in [0.1, 0.15) is 5.82 Å². The van der Waals surface area contributed by atoms with E-state index >= 15 is 0 Å². The first kappa shape index (κ1) is 15.8. The molecule has 0 aliphatic rings. The minimum Gasteiger partial charge on any atom is -0.399 e. The number of nitrogens with one attached hydrogen (secondary N) is 1. The van der Waals surface area contributed by atoms with Crippen LogP contribution in [0, 0.1) is 19.7 Å². The molecule has 0 unspecified atom stereocenters. The number of aryl methyl sites for hydroxylation is 2. The largest absolute Gasteiger partial charge is 0.399 e. The Labute approximate surface area is 131 Å². The van der Waals surface area contributed by atoms with E-state index in [1.165, 1.54) is 30.3 Å². The highest BCUT2D eigenvalue weighted by molar-refractivity contribution is 9.10. The highest BCUT2D eigenvalue weighted by atomic mass is 79.9. The van der Waals surface area contributed by atoms with Crippen LogP contribution in [0.5, 0.6) is 0 Å². The van der Waals surface area contributed by atoms with Crippen molar-refractivity contribution in [3.05, 3.63) is 51.7 Å². The van der Waals surface area contributed by atoms with Gasteiger partial charge in [0.2, 0.25) is 0 Å². The number of sulfonamides is 1. The van der Waals surface area contributed by atoms with Crippen molar-refractivity contribution in [1.29, 1.82) is 0 Å². The highest BCUT2D eigenvalue weighted by Crippen LogP contribution is 2.27. The van der Waals surface area contributed by atoms with Crippen LogP contribution in [0.2, 0.25) is 0 Å². The lowest BCUT2D eigenvalue weighted by Crippen LogP contribution is -2.14. The van der Waals surface area contributed by atoms with E-state index < -0.39 is 15.8 Å².